The maximum absolute atomic E-state index is 5.77. The summed E-state index contributed by atoms with van der Waals surface area (Å²) >= 11 is 0. The predicted octanol–water partition coefficient (Wildman–Crippen LogP) is 2.58. The van der Waals surface area contributed by atoms with Gasteiger partial charge in [-0.05, 0) is 19.1 Å². The van der Waals surface area contributed by atoms with Crippen LogP contribution in [0.15, 0.2) is 42.7 Å². The summed E-state index contributed by atoms with van der Waals surface area (Å²) in [5, 5.41) is 1.03. The third kappa shape index (κ3) is 2.44. The zero-order chi connectivity index (χ0) is 13.9. The van der Waals surface area contributed by atoms with E-state index in [0.29, 0.717) is 18.2 Å². The van der Waals surface area contributed by atoms with E-state index in [1.165, 1.54) is 0 Å². The van der Waals surface area contributed by atoms with Gasteiger partial charge in [0, 0.05) is 17.6 Å². The van der Waals surface area contributed by atoms with Crippen LogP contribution < -0.4 is 10.5 Å². The molecule has 0 saturated heterocycles. The van der Waals surface area contributed by atoms with Crippen LogP contribution in [0.4, 0.5) is 0 Å². The van der Waals surface area contributed by atoms with Gasteiger partial charge >= 0.3 is 0 Å². The molecule has 2 heterocycles. The van der Waals surface area contributed by atoms with Gasteiger partial charge in [0.2, 0.25) is 5.88 Å². The first kappa shape index (κ1) is 12.5. The molecule has 0 radical (unpaired) electrons. The topological polar surface area (TPSA) is 73.9 Å². The summed E-state index contributed by atoms with van der Waals surface area (Å²) in [6.07, 6.45) is 3.18. The van der Waals surface area contributed by atoms with E-state index in [-0.39, 0.29) is 0 Å². The summed E-state index contributed by atoms with van der Waals surface area (Å²) < 4.78 is 5.77. The van der Waals surface area contributed by atoms with Gasteiger partial charge in [0.15, 0.2) is 5.75 Å². The zero-order valence-corrected chi connectivity index (χ0v) is 11.1. The Bertz CT molecular complexity index is 740. The largest absolute Gasteiger partial charge is 0.435 e. The first-order valence-corrected chi connectivity index (χ1v) is 6.31. The molecule has 20 heavy (non-hydrogen) atoms. The smallest absolute Gasteiger partial charge is 0.237 e. The van der Waals surface area contributed by atoms with E-state index in [1.807, 2.05) is 37.3 Å². The molecule has 100 valence electrons. The van der Waals surface area contributed by atoms with Gasteiger partial charge in [-0.1, -0.05) is 18.2 Å². The molecule has 1 aromatic carbocycles. The Balaban J connectivity index is 1.99. The lowest BCUT2D eigenvalue weighted by molar-refractivity contribution is 0.463. The maximum atomic E-state index is 5.77. The molecular formula is C15H14N4O. The summed E-state index contributed by atoms with van der Waals surface area (Å²) in [5.41, 5.74) is 7.98. The van der Waals surface area contributed by atoms with Crippen LogP contribution in [-0.4, -0.2) is 15.0 Å². The maximum Gasteiger partial charge on any atom is 0.237 e. The lowest BCUT2D eigenvalue weighted by Gasteiger charge is -2.08. The fourth-order valence-electron chi connectivity index (χ4n) is 1.91. The van der Waals surface area contributed by atoms with Gasteiger partial charge in [-0.3, -0.25) is 4.98 Å². The molecule has 5 nitrogen and oxygen atoms in total. The number of fused-ring (bicyclic) bond motifs is 1. The van der Waals surface area contributed by atoms with Crippen LogP contribution in [0.5, 0.6) is 11.6 Å². The van der Waals surface area contributed by atoms with Crippen molar-refractivity contribution in [3.63, 3.8) is 0 Å². The number of benzene rings is 1. The summed E-state index contributed by atoms with van der Waals surface area (Å²) in [6, 6.07) is 9.79. The van der Waals surface area contributed by atoms with Crippen LogP contribution in [-0.2, 0) is 6.54 Å². The fourth-order valence-corrected chi connectivity index (χ4v) is 1.91. The molecule has 0 aliphatic heterocycles. The minimum absolute atomic E-state index is 0.363. The van der Waals surface area contributed by atoms with Crippen LogP contribution in [0.3, 0.4) is 0 Å². The Morgan fingerprint density at radius 3 is 2.75 bits per heavy atom. The van der Waals surface area contributed by atoms with Crippen molar-refractivity contribution >= 4 is 10.9 Å². The monoisotopic (exact) mass is 266 g/mol. The number of nitrogens with two attached hydrogens (primary N) is 1. The first-order valence-electron chi connectivity index (χ1n) is 6.31. The summed E-state index contributed by atoms with van der Waals surface area (Å²) in [7, 11) is 0. The Hall–Kier alpha value is -2.53. The minimum atomic E-state index is 0.363. The molecule has 0 amide bonds. The number of ether oxygens (including phenoxy) is 1. The van der Waals surface area contributed by atoms with E-state index >= 15 is 0 Å². The molecule has 3 aromatic rings. The molecule has 0 aliphatic carbocycles. The van der Waals surface area contributed by atoms with Gasteiger partial charge < -0.3 is 10.5 Å². The highest BCUT2D eigenvalue weighted by molar-refractivity contribution is 5.84. The number of rotatable bonds is 3. The predicted molar refractivity (Wildman–Crippen MR) is 76.5 cm³/mol. The normalized spacial score (nSPS) is 10.7. The van der Waals surface area contributed by atoms with E-state index in [1.54, 1.807) is 12.4 Å². The highest BCUT2D eigenvalue weighted by Crippen LogP contribution is 2.27. The van der Waals surface area contributed by atoms with Crippen LogP contribution in [0.1, 0.15) is 11.4 Å². The van der Waals surface area contributed by atoms with E-state index in [4.69, 9.17) is 10.5 Å². The van der Waals surface area contributed by atoms with E-state index in [9.17, 15) is 0 Å². The number of hydrogen-bond donors (Lipinski definition) is 1. The van der Waals surface area contributed by atoms with E-state index in [2.05, 4.69) is 15.0 Å². The quantitative estimate of drug-likeness (QED) is 0.788. The fraction of sp³-hybridized carbons (Fsp3) is 0.133. The van der Waals surface area contributed by atoms with Gasteiger partial charge in [0.05, 0.1) is 18.1 Å². The highest BCUT2D eigenvalue weighted by atomic mass is 16.5. The standard InChI is InChI=1S/C15H14N4O/c1-10-5-6-11-3-2-4-13(15(11)19-10)20-14-9-17-12(7-16)8-18-14/h2-6,8-9H,7,16H2,1H3. The number of aryl methyl sites for hydroxylation is 1. The van der Waals surface area contributed by atoms with Crippen LogP contribution in [0.2, 0.25) is 0 Å². The Morgan fingerprint density at radius 2 is 2.00 bits per heavy atom. The summed E-state index contributed by atoms with van der Waals surface area (Å²) in [4.78, 5) is 12.9. The molecule has 0 fully saturated rings. The van der Waals surface area contributed by atoms with E-state index in [0.717, 1.165) is 22.3 Å². The van der Waals surface area contributed by atoms with Crippen molar-refractivity contribution in [2.75, 3.05) is 0 Å². The van der Waals surface area contributed by atoms with E-state index < -0.39 is 0 Å². The molecule has 5 heteroatoms. The summed E-state index contributed by atoms with van der Waals surface area (Å²) in [6.45, 7) is 2.31. The van der Waals surface area contributed by atoms with Crippen molar-refractivity contribution in [2.24, 2.45) is 5.73 Å². The molecule has 0 unspecified atom stereocenters. The molecule has 0 aliphatic rings. The molecule has 0 saturated carbocycles. The minimum Gasteiger partial charge on any atom is -0.435 e. The number of pyridine rings is 1. The number of aromatic nitrogens is 3. The average molecular weight is 266 g/mol. The van der Waals surface area contributed by atoms with Crippen LogP contribution in [0.25, 0.3) is 10.9 Å². The van der Waals surface area contributed by atoms with Gasteiger partial charge in [-0.2, -0.15) is 0 Å². The average Bonchev–Trinajstić information content (AvgIpc) is 2.49. The van der Waals surface area contributed by atoms with Crippen LogP contribution >= 0.6 is 0 Å². The molecular weight excluding hydrogens is 252 g/mol. The molecule has 0 bridgehead atoms. The van der Waals surface area contributed by atoms with Crippen molar-refractivity contribution in [2.45, 2.75) is 13.5 Å². The van der Waals surface area contributed by atoms with Gasteiger partial charge in [-0.15, -0.1) is 0 Å². The number of nitrogens with zero attached hydrogens (tertiary/aromatic N) is 3. The SMILES string of the molecule is Cc1ccc2cccc(Oc3cnc(CN)cn3)c2n1. The lowest BCUT2D eigenvalue weighted by Crippen LogP contribution is -2.00. The molecule has 2 N–H and O–H groups in total. The van der Waals surface area contributed by atoms with Crippen molar-refractivity contribution in [3.8, 4) is 11.6 Å². The second-order valence-electron chi connectivity index (χ2n) is 4.43. The third-order valence-corrected chi connectivity index (χ3v) is 2.93. The van der Waals surface area contributed by atoms with Crippen molar-refractivity contribution in [3.05, 3.63) is 54.1 Å². The molecule has 2 aromatic heterocycles. The summed E-state index contributed by atoms with van der Waals surface area (Å²) in [5.74, 6) is 1.10. The lowest BCUT2D eigenvalue weighted by atomic mass is 10.2. The second kappa shape index (κ2) is 5.22. The Labute approximate surface area is 116 Å². The van der Waals surface area contributed by atoms with Gasteiger partial charge in [0.25, 0.3) is 0 Å². The van der Waals surface area contributed by atoms with Gasteiger partial charge in [0.1, 0.15) is 5.52 Å². The van der Waals surface area contributed by atoms with Gasteiger partial charge in [-0.25, -0.2) is 9.97 Å². The molecule has 3 rings (SSSR count). The Morgan fingerprint density at radius 1 is 1.10 bits per heavy atom. The zero-order valence-electron chi connectivity index (χ0n) is 11.1. The highest BCUT2D eigenvalue weighted by Gasteiger charge is 2.06. The van der Waals surface area contributed by atoms with Crippen LogP contribution in [0, 0.1) is 6.92 Å². The second-order valence-corrected chi connectivity index (χ2v) is 4.43. The number of hydrogen-bond acceptors (Lipinski definition) is 5. The Kier molecular flexibility index (Phi) is 3.26. The first-order chi connectivity index (χ1) is 9.76. The third-order valence-electron chi connectivity index (χ3n) is 2.93. The van der Waals surface area contributed by atoms with Crippen molar-refractivity contribution in [1.82, 2.24) is 15.0 Å². The molecule has 0 spiro atoms. The number of para-hydroxylation sites is 1. The molecule has 0 atom stereocenters. The van der Waals surface area contributed by atoms with Crippen molar-refractivity contribution in [1.29, 1.82) is 0 Å². The van der Waals surface area contributed by atoms with Crippen molar-refractivity contribution < 1.29 is 4.74 Å².